The summed E-state index contributed by atoms with van der Waals surface area (Å²) in [7, 11) is 5.00. The van der Waals surface area contributed by atoms with E-state index in [1.165, 1.54) is 4.90 Å². The van der Waals surface area contributed by atoms with Crippen LogP contribution in [0.2, 0.25) is 0 Å². The SMILES string of the molecule is COc1ccc2c(c1)OCC(CNC(=O)CCC(=O)N(C)C)C2. The van der Waals surface area contributed by atoms with Crippen molar-refractivity contribution in [2.45, 2.75) is 19.3 Å². The van der Waals surface area contributed by atoms with Gasteiger partial charge < -0.3 is 19.7 Å². The van der Waals surface area contributed by atoms with Gasteiger partial charge in [-0.15, -0.1) is 0 Å². The Morgan fingerprint density at radius 2 is 2.13 bits per heavy atom. The average molecular weight is 320 g/mol. The molecule has 6 heteroatoms. The van der Waals surface area contributed by atoms with Crippen LogP contribution in [0.3, 0.4) is 0 Å². The van der Waals surface area contributed by atoms with Gasteiger partial charge in [0.15, 0.2) is 0 Å². The molecule has 1 aliphatic rings. The molecule has 1 unspecified atom stereocenters. The van der Waals surface area contributed by atoms with E-state index in [0.29, 0.717) is 13.2 Å². The number of benzene rings is 1. The number of nitrogens with zero attached hydrogens (tertiary/aromatic N) is 1. The fourth-order valence-corrected chi connectivity index (χ4v) is 2.46. The fraction of sp³-hybridized carbons (Fsp3) is 0.529. The van der Waals surface area contributed by atoms with Crippen molar-refractivity contribution >= 4 is 11.8 Å². The van der Waals surface area contributed by atoms with Crippen LogP contribution in [0.1, 0.15) is 18.4 Å². The van der Waals surface area contributed by atoms with Crippen LogP contribution in [-0.2, 0) is 16.0 Å². The monoisotopic (exact) mass is 320 g/mol. The Bertz CT molecular complexity index is 572. The highest BCUT2D eigenvalue weighted by atomic mass is 16.5. The van der Waals surface area contributed by atoms with E-state index in [2.05, 4.69) is 5.32 Å². The molecule has 1 aromatic rings. The molecular weight excluding hydrogens is 296 g/mol. The van der Waals surface area contributed by atoms with Crippen molar-refractivity contribution in [3.8, 4) is 11.5 Å². The van der Waals surface area contributed by atoms with Gasteiger partial charge in [0, 0.05) is 45.5 Å². The third-order valence-electron chi connectivity index (χ3n) is 3.91. The first kappa shape index (κ1) is 17.1. The number of fused-ring (bicyclic) bond motifs is 1. The number of hydrogen-bond acceptors (Lipinski definition) is 4. The highest BCUT2D eigenvalue weighted by Gasteiger charge is 2.21. The smallest absolute Gasteiger partial charge is 0.222 e. The second-order valence-corrected chi connectivity index (χ2v) is 5.95. The van der Waals surface area contributed by atoms with E-state index in [1.54, 1.807) is 21.2 Å². The first-order valence-corrected chi connectivity index (χ1v) is 7.76. The molecule has 1 aliphatic heterocycles. The molecule has 0 spiro atoms. The minimum atomic E-state index is -0.0965. The number of rotatable bonds is 6. The molecule has 126 valence electrons. The molecule has 0 saturated carbocycles. The molecule has 2 amide bonds. The Hall–Kier alpha value is -2.24. The van der Waals surface area contributed by atoms with Crippen molar-refractivity contribution in [2.24, 2.45) is 5.92 Å². The summed E-state index contributed by atoms with van der Waals surface area (Å²) in [6.45, 7) is 1.12. The van der Waals surface area contributed by atoms with Crippen LogP contribution >= 0.6 is 0 Å². The topological polar surface area (TPSA) is 67.9 Å². The van der Waals surface area contributed by atoms with Gasteiger partial charge in [0.2, 0.25) is 11.8 Å². The standard InChI is InChI=1S/C17H24N2O4/c1-19(2)17(21)7-6-16(20)18-10-12-8-13-4-5-14(22-3)9-15(13)23-11-12/h4-5,9,12H,6-8,10-11H2,1-3H3,(H,18,20). The van der Waals surface area contributed by atoms with Gasteiger partial charge in [-0.1, -0.05) is 6.07 Å². The van der Waals surface area contributed by atoms with Gasteiger partial charge in [0.05, 0.1) is 13.7 Å². The molecule has 1 heterocycles. The molecule has 0 radical (unpaired) electrons. The van der Waals surface area contributed by atoms with Crippen LogP contribution in [-0.4, -0.2) is 51.1 Å². The fourth-order valence-electron chi connectivity index (χ4n) is 2.46. The average Bonchev–Trinajstić information content (AvgIpc) is 2.56. The predicted octanol–water partition coefficient (Wildman–Crippen LogP) is 1.23. The summed E-state index contributed by atoms with van der Waals surface area (Å²) in [5, 5.41) is 2.89. The molecule has 23 heavy (non-hydrogen) atoms. The number of carbonyl (C=O) groups excluding carboxylic acids is 2. The number of ether oxygens (including phenoxy) is 2. The second-order valence-electron chi connectivity index (χ2n) is 5.95. The maximum Gasteiger partial charge on any atom is 0.222 e. The van der Waals surface area contributed by atoms with Crippen molar-refractivity contribution in [2.75, 3.05) is 34.4 Å². The van der Waals surface area contributed by atoms with Crippen LogP contribution in [0, 0.1) is 5.92 Å². The van der Waals surface area contributed by atoms with Crippen LogP contribution in [0.25, 0.3) is 0 Å². The summed E-state index contributed by atoms with van der Waals surface area (Å²) in [5.41, 5.74) is 1.12. The number of hydrogen-bond donors (Lipinski definition) is 1. The van der Waals surface area contributed by atoms with Gasteiger partial charge in [-0.25, -0.2) is 0 Å². The van der Waals surface area contributed by atoms with E-state index in [1.807, 2.05) is 18.2 Å². The lowest BCUT2D eigenvalue weighted by molar-refractivity contribution is -0.131. The zero-order chi connectivity index (χ0) is 16.8. The van der Waals surface area contributed by atoms with Gasteiger partial charge in [0.1, 0.15) is 11.5 Å². The minimum Gasteiger partial charge on any atom is -0.497 e. The molecule has 1 aromatic carbocycles. The van der Waals surface area contributed by atoms with Crippen LogP contribution < -0.4 is 14.8 Å². The van der Waals surface area contributed by atoms with Crippen molar-refractivity contribution in [3.63, 3.8) is 0 Å². The van der Waals surface area contributed by atoms with Gasteiger partial charge in [-0.05, 0) is 18.1 Å². The van der Waals surface area contributed by atoms with E-state index in [0.717, 1.165) is 23.5 Å². The molecule has 0 bridgehead atoms. The van der Waals surface area contributed by atoms with E-state index >= 15 is 0 Å². The lowest BCUT2D eigenvalue weighted by atomic mass is 9.96. The summed E-state index contributed by atoms with van der Waals surface area (Å²) in [5.74, 6) is 1.73. The van der Waals surface area contributed by atoms with Crippen molar-refractivity contribution in [1.82, 2.24) is 10.2 Å². The van der Waals surface area contributed by atoms with Gasteiger partial charge >= 0.3 is 0 Å². The summed E-state index contributed by atoms with van der Waals surface area (Å²) in [6.07, 6.45) is 1.32. The van der Waals surface area contributed by atoms with E-state index in [9.17, 15) is 9.59 Å². The highest BCUT2D eigenvalue weighted by molar-refractivity contribution is 5.83. The van der Waals surface area contributed by atoms with Crippen molar-refractivity contribution in [1.29, 1.82) is 0 Å². The molecule has 6 nitrogen and oxygen atoms in total. The highest BCUT2D eigenvalue weighted by Crippen LogP contribution is 2.30. The molecule has 1 N–H and O–H groups in total. The van der Waals surface area contributed by atoms with E-state index in [4.69, 9.17) is 9.47 Å². The number of carbonyl (C=O) groups is 2. The number of nitrogens with one attached hydrogen (secondary N) is 1. The van der Waals surface area contributed by atoms with Gasteiger partial charge in [-0.2, -0.15) is 0 Å². The summed E-state index contributed by atoms with van der Waals surface area (Å²) in [6, 6.07) is 5.80. The molecule has 0 aliphatic carbocycles. The third-order valence-corrected chi connectivity index (χ3v) is 3.91. The Morgan fingerprint density at radius 3 is 2.83 bits per heavy atom. The quantitative estimate of drug-likeness (QED) is 0.856. The van der Waals surface area contributed by atoms with E-state index in [-0.39, 0.29) is 30.6 Å². The molecule has 0 saturated heterocycles. The summed E-state index contributed by atoms with van der Waals surface area (Å²) < 4.78 is 10.9. The maximum atomic E-state index is 11.8. The number of amides is 2. The van der Waals surface area contributed by atoms with Gasteiger partial charge in [-0.3, -0.25) is 9.59 Å². The Labute approximate surface area is 136 Å². The summed E-state index contributed by atoms with van der Waals surface area (Å²) >= 11 is 0. The number of methoxy groups -OCH3 is 1. The molecule has 0 fully saturated rings. The minimum absolute atomic E-state index is 0.0379. The first-order chi connectivity index (χ1) is 11.0. The lowest BCUT2D eigenvalue weighted by Crippen LogP contribution is -2.35. The zero-order valence-electron chi connectivity index (χ0n) is 13.9. The second kappa shape index (κ2) is 7.85. The Balaban J connectivity index is 1.77. The maximum absolute atomic E-state index is 11.8. The van der Waals surface area contributed by atoms with Crippen LogP contribution in [0.15, 0.2) is 18.2 Å². The third kappa shape index (κ3) is 4.87. The van der Waals surface area contributed by atoms with Crippen LogP contribution in [0.5, 0.6) is 11.5 Å². The normalized spacial score (nSPS) is 16.0. The molecular formula is C17H24N2O4. The molecule has 2 rings (SSSR count). The lowest BCUT2D eigenvalue weighted by Gasteiger charge is -2.25. The first-order valence-electron chi connectivity index (χ1n) is 7.76. The Kier molecular flexibility index (Phi) is 5.84. The van der Waals surface area contributed by atoms with Crippen molar-refractivity contribution < 1.29 is 19.1 Å². The summed E-state index contributed by atoms with van der Waals surface area (Å²) in [4.78, 5) is 24.8. The van der Waals surface area contributed by atoms with E-state index < -0.39 is 0 Å². The predicted molar refractivity (Wildman–Crippen MR) is 86.6 cm³/mol. The van der Waals surface area contributed by atoms with Gasteiger partial charge in [0.25, 0.3) is 0 Å². The molecule has 1 atom stereocenters. The molecule has 0 aromatic heterocycles. The van der Waals surface area contributed by atoms with Crippen LogP contribution in [0.4, 0.5) is 0 Å². The zero-order valence-corrected chi connectivity index (χ0v) is 13.9. The van der Waals surface area contributed by atoms with Crippen molar-refractivity contribution in [3.05, 3.63) is 23.8 Å². The largest absolute Gasteiger partial charge is 0.497 e. The Morgan fingerprint density at radius 1 is 1.35 bits per heavy atom.